The lowest BCUT2D eigenvalue weighted by Gasteiger charge is -2.16. The second-order valence-corrected chi connectivity index (χ2v) is 9.98. The van der Waals surface area contributed by atoms with E-state index in [2.05, 4.69) is 4.98 Å². The molecule has 13 heteroatoms. The number of nitrogens with two attached hydrogens (primary N) is 1. The van der Waals surface area contributed by atoms with E-state index in [1.807, 2.05) is 12.1 Å². The van der Waals surface area contributed by atoms with Gasteiger partial charge in [0, 0.05) is 17.1 Å². The number of fused-ring (bicyclic) bond motifs is 1. The number of halogens is 3. The molecule has 0 atom stereocenters. The fourth-order valence-corrected chi connectivity index (χ4v) is 3.30. The molecule has 1 heterocycles. The van der Waals surface area contributed by atoms with Gasteiger partial charge in [-0.15, -0.1) is 0 Å². The molecule has 3 aromatic rings. The number of carbonyl (C=O) groups is 2. The smallest absolute Gasteiger partial charge is 0.433 e. The van der Waals surface area contributed by atoms with Gasteiger partial charge in [0.05, 0.1) is 11.8 Å². The van der Waals surface area contributed by atoms with Crippen LogP contribution in [0, 0.1) is 0 Å². The maximum absolute atomic E-state index is 12.5. The largest absolute Gasteiger partial charge is 0.487 e. The van der Waals surface area contributed by atoms with Crippen molar-refractivity contribution < 1.29 is 41.0 Å². The fourth-order valence-electron chi connectivity index (χ4n) is 2.70. The summed E-state index contributed by atoms with van der Waals surface area (Å²) >= 11 is 0. The summed E-state index contributed by atoms with van der Waals surface area (Å²) in [6, 6.07) is 12.3. The van der Waals surface area contributed by atoms with Crippen LogP contribution in [0.3, 0.4) is 0 Å². The molecule has 0 aliphatic heterocycles. The average Bonchev–Trinajstić information content (AvgIpc) is 2.75. The topological polar surface area (TPSA) is 149 Å². The highest BCUT2D eigenvalue weighted by atomic mass is 32.2. The number of carboxylic acids is 1. The Kier molecular flexibility index (Phi) is 8.65. The number of carbonyl (C=O) groups excluding carboxylic acids is 1. The highest BCUT2D eigenvalue weighted by Gasteiger charge is 2.32. The zero-order chi connectivity index (χ0) is 27.3. The van der Waals surface area contributed by atoms with Crippen LogP contribution in [-0.2, 0) is 27.6 Å². The van der Waals surface area contributed by atoms with Gasteiger partial charge in [0.2, 0.25) is 10.0 Å². The highest BCUT2D eigenvalue weighted by Crippen LogP contribution is 2.31. The van der Waals surface area contributed by atoms with Gasteiger partial charge in [-0.2, -0.15) is 13.2 Å². The van der Waals surface area contributed by atoms with E-state index < -0.39 is 39.3 Å². The zero-order valence-electron chi connectivity index (χ0n) is 19.5. The lowest BCUT2D eigenvalue weighted by Crippen LogP contribution is -2.50. The third-order valence-corrected chi connectivity index (χ3v) is 5.03. The van der Waals surface area contributed by atoms with Crippen molar-refractivity contribution in [2.75, 3.05) is 6.26 Å². The van der Waals surface area contributed by atoms with E-state index in [1.165, 1.54) is 26.0 Å². The second-order valence-electron chi connectivity index (χ2n) is 8.23. The van der Waals surface area contributed by atoms with Crippen molar-refractivity contribution in [3.05, 3.63) is 71.5 Å². The molecule has 0 radical (unpaired) electrons. The molecule has 0 spiro atoms. The van der Waals surface area contributed by atoms with Gasteiger partial charge < -0.3 is 15.6 Å². The number of aromatic nitrogens is 1. The first-order valence-corrected chi connectivity index (χ1v) is 12.1. The number of rotatable bonds is 6. The summed E-state index contributed by atoms with van der Waals surface area (Å²) in [4.78, 5) is 25.6. The molecular formula is C23H24F3N3O6S. The second kappa shape index (κ2) is 10.9. The van der Waals surface area contributed by atoms with Crippen LogP contribution in [0.5, 0.6) is 5.75 Å². The number of carboxylic acid groups (broad SMARTS) is 1. The van der Waals surface area contributed by atoms with Gasteiger partial charge in [0.1, 0.15) is 23.6 Å². The molecule has 0 fully saturated rings. The first-order chi connectivity index (χ1) is 16.5. The molecule has 1 amide bonds. The molecule has 0 saturated carbocycles. The Morgan fingerprint density at radius 1 is 1.08 bits per heavy atom. The van der Waals surface area contributed by atoms with Crippen LogP contribution in [0.15, 0.2) is 54.7 Å². The monoisotopic (exact) mass is 527 g/mol. The van der Waals surface area contributed by atoms with E-state index in [-0.39, 0.29) is 17.9 Å². The van der Waals surface area contributed by atoms with Gasteiger partial charge in [-0.3, -0.25) is 14.5 Å². The van der Waals surface area contributed by atoms with Gasteiger partial charge in [0.15, 0.2) is 0 Å². The third-order valence-electron chi connectivity index (χ3n) is 4.47. The predicted octanol–water partition coefficient (Wildman–Crippen LogP) is 3.33. The fraction of sp³-hybridized carbons (Fsp3) is 0.261. The zero-order valence-corrected chi connectivity index (χ0v) is 20.3. The van der Waals surface area contributed by atoms with Crippen LogP contribution >= 0.6 is 0 Å². The van der Waals surface area contributed by atoms with E-state index in [0.29, 0.717) is 10.9 Å². The predicted molar refractivity (Wildman–Crippen MR) is 126 cm³/mol. The standard InChI is InChI=1S/C18H12F3NO3.C5H12N2O3S/c19-18(20,21)15-8-5-11(9-22-15)10-25-16-13-4-2-1-3-12(13)6-7-14(16)17(23)24;1-5(2,6)4(8)7-11(3,9)10/h1-9H,10H2,(H,23,24);6H2,1-3H3,(H,7,8). The van der Waals surface area contributed by atoms with Gasteiger partial charge in [0.25, 0.3) is 5.91 Å². The Hall–Kier alpha value is -3.71. The first-order valence-electron chi connectivity index (χ1n) is 10.2. The molecule has 9 nitrogen and oxygen atoms in total. The van der Waals surface area contributed by atoms with Crippen molar-refractivity contribution in [2.45, 2.75) is 32.2 Å². The number of sulfonamides is 1. The summed E-state index contributed by atoms with van der Waals surface area (Å²) in [5.74, 6) is -1.68. The molecule has 4 N–H and O–H groups in total. The van der Waals surface area contributed by atoms with Crippen molar-refractivity contribution in [2.24, 2.45) is 5.73 Å². The lowest BCUT2D eigenvalue weighted by molar-refractivity contribution is -0.141. The van der Waals surface area contributed by atoms with Crippen LogP contribution in [0.4, 0.5) is 13.2 Å². The summed E-state index contributed by atoms with van der Waals surface area (Å²) < 4.78 is 66.0. The average molecular weight is 528 g/mol. The molecule has 0 unspecified atom stereocenters. The molecule has 3 rings (SSSR count). The van der Waals surface area contributed by atoms with Crippen LogP contribution in [0.1, 0.15) is 35.5 Å². The molecule has 0 saturated heterocycles. The van der Waals surface area contributed by atoms with E-state index in [0.717, 1.165) is 23.9 Å². The Labute approximate surface area is 205 Å². The minimum atomic E-state index is -4.51. The van der Waals surface area contributed by atoms with Crippen LogP contribution < -0.4 is 15.2 Å². The first kappa shape index (κ1) is 28.5. The molecule has 194 valence electrons. The molecule has 0 aliphatic carbocycles. The highest BCUT2D eigenvalue weighted by molar-refractivity contribution is 7.89. The van der Waals surface area contributed by atoms with E-state index in [9.17, 15) is 36.3 Å². The summed E-state index contributed by atoms with van der Waals surface area (Å²) in [5, 5.41) is 10.7. The number of hydrogen-bond donors (Lipinski definition) is 3. The minimum Gasteiger partial charge on any atom is -0.487 e. The minimum absolute atomic E-state index is 0.0152. The number of benzene rings is 2. The number of pyridine rings is 1. The quantitative estimate of drug-likeness (QED) is 0.442. The molecule has 0 bridgehead atoms. The van der Waals surface area contributed by atoms with Gasteiger partial charge >= 0.3 is 12.1 Å². The van der Waals surface area contributed by atoms with Crippen molar-refractivity contribution in [3.63, 3.8) is 0 Å². The summed E-state index contributed by atoms with van der Waals surface area (Å²) in [6.45, 7) is 2.75. The Bertz CT molecular complexity index is 1350. The van der Waals surface area contributed by atoms with Gasteiger partial charge in [-0.05, 0) is 31.4 Å². The number of nitrogens with one attached hydrogen (secondary N) is 1. The number of hydrogen-bond acceptors (Lipinski definition) is 7. The van der Waals surface area contributed by atoms with Crippen molar-refractivity contribution in [3.8, 4) is 5.75 Å². The van der Waals surface area contributed by atoms with Gasteiger partial charge in [-0.1, -0.05) is 36.4 Å². The van der Waals surface area contributed by atoms with E-state index >= 15 is 0 Å². The van der Waals surface area contributed by atoms with Crippen LogP contribution in [-0.4, -0.2) is 42.2 Å². The van der Waals surface area contributed by atoms with Crippen molar-refractivity contribution in [1.82, 2.24) is 9.71 Å². The Morgan fingerprint density at radius 2 is 1.72 bits per heavy atom. The summed E-state index contributed by atoms with van der Waals surface area (Å²) in [5.41, 5.74) is 3.54. The Morgan fingerprint density at radius 3 is 2.19 bits per heavy atom. The van der Waals surface area contributed by atoms with E-state index in [4.69, 9.17) is 10.5 Å². The number of ether oxygens (including phenoxy) is 1. The number of nitrogens with zero attached hydrogens (tertiary/aromatic N) is 1. The van der Waals surface area contributed by atoms with Crippen molar-refractivity contribution >= 4 is 32.7 Å². The maximum atomic E-state index is 12.5. The number of aromatic carboxylic acids is 1. The molecule has 2 aromatic carbocycles. The summed E-state index contributed by atoms with van der Waals surface area (Å²) in [7, 11) is -3.49. The van der Waals surface area contributed by atoms with E-state index in [1.54, 1.807) is 22.9 Å². The molecule has 0 aliphatic rings. The summed E-state index contributed by atoms with van der Waals surface area (Å²) in [6.07, 6.45) is -2.55. The van der Waals surface area contributed by atoms with Gasteiger partial charge in [-0.25, -0.2) is 13.2 Å². The normalized spacial score (nSPS) is 11.9. The van der Waals surface area contributed by atoms with Crippen LogP contribution in [0.25, 0.3) is 10.8 Å². The Balaban J connectivity index is 0.000000352. The third kappa shape index (κ3) is 8.20. The molecular weight excluding hydrogens is 503 g/mol. The maximum Gasteiger partial charge on any atom is 0.433 e. The molecule has 1 aromatic heterocycles. The lowest BCUT2D eigenvalue weighted by atomic mass is 10.1. The number of alkyl halides is 3. The molecule has 36 heavy (non-hydrogen) atoms. The van der Waals surface area contributed by atoms with Crippen LogP contribution in [0.2, 0.25) is 0 Å². The number of amides is 1. The van der Waals surface area contributed by atoms with Crippen molar-refractivity contribution in [1.29, 1.82) is 0 Å². The SMILES string of the molecule is CC(C)(N)C(=O)NS(C)(=O)=O.O=C(O)c1ccc2ccccc2c1OCc1ccc(C(F)(F)F)nc1.